The molecule has 1 aromatic carbocycles. The summed E-state index contributed by atoms with van der Waals surface area (Å²) < 4.78 is 5.59. The number of aryl methyl sites for hydroxylation is 2. The summed E-state index contributed by atoms with van der Waals surface area (Å²) in [5, 5.41) is 8.91. The van der Waals surface area contributed by atoms with Gasteiger partial charge in [-0.1, -0.05) is 6.07 Å². The van der Waals surface area contributed by atoms with Crippen LogP contribution in [0.2, 0.25) is 0 Å². The molecule has 90 valence electrons. The van der Waals surface area contributed by atoms with Gasteiger partial charge in [0.25, 0.3) is 5.88 Å². The quantitative estimate of drug-likeness (QED) is 0.814. The average molecular weight is 240 g/mol. The number of hydrogen-bond acceptors (Lipinski definition) is 5. The lowest BCUT2D eigenvalue weighted by molar-refractivity contribution is 0.455. The SMILES string of the molecule is Cc1cc(C)c(Oc2nccnc2C#N)cc1N. The lowest BCUT2D eigenvalue weighted by Crippen LogP contribution is -1.98. The normalized spacial score (nSPS) is 9.83. The average Bonchev–Trinajstić information content (AvgIpc) is 2.36. The van der Waals surface area contributed by atoms with Crippen molar-refractivity contribution in [3.8, 4) is 17.7 Å². The highest BCUT2D eigenvalue weighted by Gasteiger charge is 2.10. The fourth-order valence-corrected chi connectivity index (χ4v) is 1.54. The first-order chi connectivity index (χ1) is 8.61. The Balaban J connectivity index is 2.41. The van der Waals surface area contributed by atoms with E-state index >= 15 is 0 Å². The third-order valence-electron chi connectivity index (χ3n) is 2.54. The summed E-state index contributed by atoms with van der Waals surface area (Å²) >= 11 is 0. The minimum absolute atomic E-state index is 0.149. The van der Waals surface area contributed by atoms with Crippen LogP contribution in [-0.4, -0.2) is 9.97 Å². The third-order valence-corrected chi connectivity index (χ3v) is 2.54. The van der Waals surface area contributed by atoms with Gasteiger partial charge in [-0.15, -0.1) is 0 Å². The second-order valence-electron chi connectivity index (χ2n) is 3.90. The van der Waals surface area contributed by atoms with Crippen molar-refractivity contribution in [2.24, 2.45) is 0 Å². The topological polar surface area (TPSA) is 84.8 Å². The molecule has 2 aromatic rings. The summed E-state index contributed by atoms with van der Waals surface area (Å²) in [6, 6.07) is 5.58. The van der Waals surface area contributed by atoms with Gasteiger partial charge in [-0.2, -0.15) is 5.26 Å². The molecule has 0 fully saturated rings. The smallest absolute Gasteiger partial charge is 0.256 e. The van der Waals surface area contributed by atoms with Crippen molar-refractivity contribution in [3.05, 3.63) is 41.3 Å². The summed E-state index contributed by atoms with van der Waals surface area (Å²) in [6.45, 7) is 3.83. The fourth-order valence-electron chi connectivity index (χ4n) is 1.54. The van der Waals surface area contributed by atoms with Crippen LogP contribution in [0.25, 0.3) is 0 Å². The molecule has 18 heavy (non-hydrogen) atoms. The van der Waals surface area contributed by atoms with Gasteiger partial charge < -0.3 is 10.5 Å². The lowest BCUT2D eigenvalue weighted by atomic mass is 10.1. The Hall–Kier alpha value is -2.61. The zero-order valence-corrected chi connectivity index (χ0v) is 10.1. The predicted molar refractivity (Wildman–Crippen MR) is 67.1 cm³/mol. The third kappa shape index (κ3) is 2.23. The first-order valence-electron chi connectivity index (χ1n) is 5.37. The van der Waals surface area contributed by atoms with Crippen molar-refractivity contribution >= 4 is 5.69 Å². The van der Waals surface area contributed by atoms with Crippen LogP contribution >= 0.6 is 0 Å². The van der Waals surface area contributed by atoms with E-state index in [1.807, 2.05) is 26.0 Å². The molecule has 0 aliphatic rings. The second-order valence-corrected chi connectivity index (χ2v) is 3.90. The molecule has 1 aromatic heterocycles. The van der Waals surface area contributed by atoms with Crippen molar-refractivity contribution < 1.29 is 4.74 Å². The highest BCUT2D eigenvalue weighted by atomic mass is 16.5. The maximum Gasteiger partial charge on any atom is 0.256 e. The molecule has 0 aliphatic heterocycles. The number of benzene rings is 1. The van der Waals surface area contributed by atoms with E-state index in [2.05, 4.69) is 9.97 Å². The van der Waals surface area contributed by atoms with Crippen LogP contribution in [0.3, 0.4) is 0 Å². The molecule has 0 saturated heterocycles. The predicted octanol–water partition coefficient (Wildman–Crippen LogP) is 2.34. The number of ether oxygens (including phenoxy) is 1. The van der Waals surface area contributed by atoms with Gasteiger partial charge in [-0.05, 0) is 25.0 Å². The van der Waals surface area contributed by atoms with Gasteiger partial charge in [0.1, 0.15) is 11.8 Å². The molecule has 1 heterocycles. The minimum Gasteiger partial charge on any atom is -0.436 e. The van der Waals surface area contributed by atoms with Gasteiger partial charge in [0, 0.05) is 24.1 Å². The number of nitrogen functional groups attached to an aromatic ring is 1. The number of hydrogen-bond donors (Lipinski definition) is 1. The van der Waals surface area contributed by atoms with Gasteiger partial charge in [0.05, 0.1) is 0 Å². The molecule has 0 radical (unpaired) electrons. The number of nitriles is 1. The molecular formula is C13H12N4O. The summed E-state index contributed by atoms with van der Waals surface area (Å²) in [6.07, 6.45) is 2.92. The van der Waals surface area contributed by atoms with Crippen LogP contribution in [0.5, 0.6) is 11.6 Å². The summed E-state index contributed by atoms with van der Waals surface area (Å²) in [5.74, 6) is 0.765. The Labute approximate surface area is 105 Å². The number of rotatable bonds is 2. The van der Waals surface area contributed by atoms with Crippen LogP contribution in [-0.2, 0) is 0 Å². The summed E-state index contributed by atoms with van der Waals surface area (Å²) in [5.41, 5.74) is 8.53. The Morgan fingerprint density at radius 2 is 1.89 bits per heavy atom. The lowest BCUT2D eigenvalue weighted by Gasteiger charge is -2.10. The Kier molecular flexibility index (Phi) is 3.11. The molecule has 0 bridgehead atoms. The molecule has 2 N–H and O–H groups in total. The maximum absolute atomic E-state index is 8.91. The number of nitrogens with zero attached hydrogens (tertiary/aromatic N) is 3. The van der Waals surface area contributed by atoms with E-state index in [-0.39, 0.29) is 11.6 Å². The standard InChI is InChI=1S/C13H12N4O/c1-8-5-9(2)12(6-10(8)15)18-13-11(7-14)16-3-4-17-13/h3-6H,15H2,1-2H3. The maximum atomic E-state index is 8.91. The van der Waals surface area contributed by atoms with Gasteiger partial charge >= 0.3 is 0 Å². The molecule has 0 unspecified atom stereocenters. The molecule has 0 aliphatic carbocycles. The van der Waals surface area contributed by atoms with Crippen molar-refractivity contribution in [1.82, 2.24) is 9.97 Å². The van der Waals surface area contributed by atoms with E-state index in [1.54, 1.807) is 6.07 Å². The van der Waals surface area contributed by atoms with Crippen LogP contribution in [0, 0.1) is 25.2 Å². The molecule has 5 nitrogen and oxygen atoms in total. The highest BCUT2D eigenvalue weighted by molar-refractivity contribution is 5.55. The van der Waals surface area contributed by atoms with Crippen LogP contribution in [0.15, 0.2) is 24.5 Å². The van der Waals surface area contributed by atoms with E-state index in [9.17, 15) is 0 Å². The molecule has 0 spiro atoms. The summed E-state index contributed by atoms with van der Waals surface area (Å²) in [4.78, 5) is 7.87. The van der Waals surface area contributed by atoms with Gasteiger partial charge in [0.2, 0.25) is 5.69 Å². The number of aromatic nitrogens is 2. The highest BCUT2D eigenvalue weighted by Crippen LogP contribution is 2.28. The number of nitrogens with two attached hydrogens (primary N) is 1. The van der Waals surface area contributed by atoms with Crippen molar-refractivity contribution in [2.45, 2.75) is 13.8 Å². The molecular weight excluding hydrogens is 228 g/mol. The fraction of sp³-hybridized carbons (Fsp3) is 0.154. The van der Waals surface area contributed by atoms with Crippen LogP contribution in [0.4, 0.5) is 5.69 Å². The zero-order valence-electron chi connectivity index (χ0n) is 10.1. The second kappa shape index (κ2) is 4.72. The first-order valence-corrected chi connectivity index (χ1v) is 5.37. The van der Waals surface area contributed by atoms with E-state index in [4.69, 9.17) is 15.7 Å². The molecule has 0 atom stereocenters. The largest absolute Gasteiger partial charge is 0.436 e. The van der Waals surface area contributed by atoms with Crippen LogP contribution < -0.4 is 10.5 Å². The molecule has 5 heteroatoms. The van der Waals surface area contributed by atoms with E-state index < -0.39 is 0 Å². The van der Waals surface area contributed by atoms with Gasteiger partial charge in [0.15, 0.2) is 0 Å². The van der Waals surface area contributed by atoms with Gasteiger partial charge in [-0.25, -0.2) is 9.97 Å². The van der Waals surface area contributed by atoms with Crippen molar-refractivity contribution in [3.63, 3.8) is 0 Å². The van der Waals surface area contributed by atoms with E-state index in [1.165, 1.54) is 12.4 Å². The Morgan fingerprint density at radius 1 is 1.17 bits per heavy atom. The molecule has 0 saturated carbocycles. The molecule has 0 amide bonds. The Bertz CT molecular complexity index is 631. The van der Waals surface area contributed by atoms with E-state index in [0.717, 1.165) is 11.1 Å². The van der Waals surface area contributed by atoms with Crippen molar-refractivity contribution in [2.75, 3.05) is 5.73 Å². The first kappa shape index (κ1) is 11.9. The Morgan fingerprint density at radius 3 is 2.61 bits per heavy atom. The monoisotopic (exact) mass is 240 g/mol. The van der Waals surface area contributed by atoms with Gasteiger partial charge in [-0.3, -0.25) is 0 Å². The number of anilines is 1. The zero-order chi connectivity index (χ0) is 13.1. The molecule has 2 rings (SSSR count). The van der Waals surface area contributed by atoms with Crippen LogP contribution in [0.1, 0.15) is 16.8 Å². The van der Waals surface area contributed by atoms with Crippen molar-refractivity contribution in [1.29, 1.82) is 5.26 Å². The minimum atomic E-state index is 0.149. The van der Waals surface area contributed by atoms with E-state index in [0.29, 0.717) is 11.4 Å². The summed E-state index contributed by atoms with van der Waals surface area (Å²) in [7, 11) is 0.